The number of amides is 2. The molecule has 0 saturated heterocycles. The molecule has 0 saturated carbocycles. The number of halogens is 1. The Morgan fingerprint density at radius 3 is 2.67 bits per heavy atom. The van der Waals surface area contributed by atoms with Gasteiger partial charge in [-0.3, -0.25) is 14.5 Å². The van der Waals surface area contributed by atoms with Gasteiger partial charge >= 0.3 is 7.12 Å². The molecule has 3 rings (SSSR count). The lowest BCUT2D eigenvalue weighted by Crippen LogP contribution is -2.51. The van der Waals surface area contributed by atoms with Crippen molar-refractivity contribution in [3.8, 4) is 5.75 Å². The van der Waals surface area contributed by atoms with Gasteiger partial charge in [-0.15, -0.1) is 0 Å². The fourth-order valence-electron chi connectivity index (χ4n) is 3.44. The van der Waals surface area contributed by atoms with Gasteiger partial charge in [0.15, 0.2) is 0 Å². The quantitative estimate of drug-likeness (QED) is 0.450. The van der Waals surface area contributed by atoms with Gasteiger partial charge in [0.2, 0.25) is 5.91 Å². The van der Waals surface area contributed by atoms with Crippen LogP contribution in [0.1, 0.15) is 17.9 Å². The molecule has 1 aliphatic heterocycles. The first-order valence-corrected chi connectivity index (χ1v) is 9.46. The summed E-state index contributed by atoms with van der Waals surface area (Å²) in [5.74, 6) is -2.40. The fraction of sp³-hybridized carbons (Fsp3) is 0.238. The number of carbonyl (C=O) groups excluding carboxylic acids is 2. The molecule has 0 spiro atoms. The Morgan fingerprint density at radius 2 is 1.97 bits per heavy atom. The third-order valence-corrected chi connectivity index (χ3v) is 4.93. The topological polar surface area (TPSA) is 99.1 Å². The van der Waals surface area contributed by atoms with E-state index in [1.165, 1.54) is 24.3 Å². The maximum Gasteiger partial charge on any atom is 0.475 e. The van der Waals surface area contributed by atoms with E-state index < -0.39 is 37.2 Å². The average molecular weight is 412 g/mol. The predicted molar refractivity (Wildman–Crippen MR) is 110 cm³/mol. The molecule has 1 heterocycles. The second-order valence-electron chi connectivity index (χ2n) is 6.95. The standard InChI is InChI=1S/C21H22BFN2O5/c1-2-21(27)25(17-9-5-4-8-16(17)23)12-20(26)24-19(22(28)29)11-14-13-30-18-10-6-3-7-15(14)18/h2-10,14,19,28-29H,1,11-13H2,(H,24,26)/t14-,19+/m1/s1. The van der Waals surface area contributed by atoms with Crippen molar-refractivity contribution in [3.05, 3.63) is 72.6 Å². The van der Waals surface area contributed by atoms with E-state index in [0.29, 0.717) is 6.61 Å². The Labute approximate surface area is 173 Å². The minimum atomic E-state index is -1.82. The van der Waals surface area contributed by atoms with Gasteiger partial charge in [0.05, 0.1) is 18.2 Å². The lowest BCUT2D eigenvalue weighted by atomic mass is 9.73. The summed E-state index contributed by atoms with van der Waals surface area (Å²) in [4.78, 5) is 25.7. The summed E-state index contributed by atoms with van der Waals surface area (Å²) in [6.07, 6.45) is 1.19. The van der Waals surface area contributed by atoms with Crippen LogP contribution in [0.25, 0.3) is 0 Å². The fourth-order valence-corrected chi connectivity index (χ4v) is 3.44. The summed E-state index contributed by atoms with van der Waals surface area (Å²) in [5, 5.41) is 22.1. The second-order valence-corrected chi connectivity index (χ2v) is 6.95. The number of ether oxygens (including phenoxy) is 1. The lowest BCUT2D eigenvalue weighted by molar-refractivity contribution is -0.122. The van der Waals surface area contributed by atoms with E-state index in [0.717, 1.165) is 22.3 Å². The molecule has 2 aromatic carbocycles. The molecular formula is C21H22BFN2O5. The number of fused-ring (bicyclic) bond motifs is 1. The Balaban J connectivity index is 1.71. The van der Waals surface area contributed by atoms with Crippen molar-refractivity contribution >= 4 is 24.6 Å². The maximum absolute atomic E-state index is 14.1. The summed E-state index contributed by atoms with van der Waals surface area (Å²) in [6, 6.07) is 13.0. The molecule has 0 unspecified atom stereocenters. The molecule has 2 aromatic rings. The first-order chi connectivity index (χ1) is 14.4. The number of para-hydroxylation sites is 2. The minimum Gasteiger partial charge on any atom is -0.493 e. The van der Waals surface area contributed by atoms with Crippen LogP contribution in [0, 0.1) is 5.82 Å². The molecule has 0 fully saturated rings. The Bertz CT molecular complexity index is 939. The van der Waals surface area contributed by atoms with Gasteiger partial charge in [0.1, 0.15) is 18.1 Å². The number of anilines is 1. The highest BCUT2D eigenvalue weighted by molar-refractivity contribution is 6.43. The molecule has 2 atom stereocenters. The molecule has 0 aromatic heterocycles. The zero-order valence-electron chi connectivity index (χ0n) is 16.2. The van der Waals surface area contributed by atoms with Gasteiger partial charge in [0.25, 0.3) is 5.91 Å². The van der Waals surface area contributed by atoms with Gasteiger partial charge in [0, 0.05) is 11.5 Å². The summed E-state index contributed by atoms with van der Waals surface area (Å²) in [6.45, 7) is 3.23. The van der Waals surface area contributed by atoms with Crippen LogP contribution in [0.5, 0.6) is 5.75 Å². The molecule has 9 heteroatoms. The van der Waals surface area contributed by atoms with E-state index in [4.69, 9.17) is 4.74 Å². The summed E-state index contributed by atoms with van der Waals surface area (Å²) < 4.78 is 19.7. The van der Waals surface area contributed by atoms with E-state index in [9.17, 15) is 24.0 Å². The molecule has 3 N–H and O–H groups in total. The van der Waals surface area contributed by atoms with Crippen LogP contribution >= 0.6 is 0 Å². The molecule has 2 amide bonds. The Kier molecular flexibility index (Phi) is 6.86. The highest BCUT2D eigenvalue weighted by Crippen LogP contribution is 2.36. The van der Waals surface area contributed by atoms with Crippen LogP contribution in [0.15, 0.2) is 61.2 Å². The number of hydrogen-bond acceptors (Lipinski definition) is 5. The summed E-state index contributed by atoms with van der Waals surface area (Å²) >= 11 is 0. The van der Waals surface area contributed by atoms with Crippen LogP contribution < -0.4 is 15.0 Å². The van der Waals surface area contributed by atoms with Crippen molar-refractivity contribution in [2.24, 2.45) is 0 Å². The molecule has 0 aliphatic carbocycles. The zero-order chi connectivity index (χ0) is 21.7. The third-order valence-electron chi connectivity index (χ3n) is 4.93. The molecule has 156 valence electrons. The normalized spacial score (nSPS) is 15.5. The highest BCUT2D eigenvalue weighted by Gasteiger charge is 2.33. The van der Waals surface area contributed by atoms with Crippen LogP contribution in [0.2, 0.25) is 0 Å². The van der Waals surface area contributed by atoms with Crippen LogP contribution in [-0.4, -0.2) is 48.1 Å². The van der Waals surface area contributed by atoms with Gasteiger partial charge in [-0.25, -0.2) is 4.39 Å². The number of nitrogens with one attached hydrogen (secondary N) is 1. The first kappa shape index (κ1) is 21.5. The smallest absolute Gasteiger partial charge is 0.475 e. The largest absolute Gasteiger partial charge is 0.493 e. The van der Waals surface area contributed by atoms with Crippen molar-refractivity contribution in [1.82, 2.24) is 5.32 Å². The first-order valence-electron chi connectivity index (χ1n) is 9.46. The Morgan fingerprint density at radius 1 is 1.27 bits per heavy atom. The molecule has 0 bridgehead atoms. The van der Waals surface area contributed by atoms with E-state index in [2.05, 4.69) is 11.9 Å². The van der Waals surface area contributed by atoms with Crippen LogP contribution in [0.3, 0.4) is 0 Å². The SMILES string of the molecule is C=CC(=O)N(CC(=O)N[C@@H](C[C@@H]1COc2ccccc21)B(O)O)c1ccccc1F. The molecule has 7 nitrogen and oxygen atoms in total. The van der Waals surface area contributed by atoms with Gasteiger partial charge in [-0.05, 0) is 30.7 Å². The third kappa shape index (κ3) is 4.87. The van der Waals surface area contributed by atoms with Crippen LogP contribution in [0.4, 0.5) is 10.1 Å². The van der Waals surface area contributed by atoms with E-state index >= 15 is 0 Å². The predicted octanol–water partition coefficient (Wildman–Crippen LogP) is 1.41. The van der Waals surface area contributed by atoms with Crippen molar-refractivity contribution in [2.45, 2.75) is 18.3 Å². The van der Waals surface area contributed by atoms with Gasteiger partial charge in [-0.2, -0.15) is 0 Å². The Hall–Kier alpha value is -3.17. The highest BCUT2D eigenvalue weighted by atomic mass is 19.1. The van der Waals surface area contributed by atoms with Gasteiger partial charge in [-0.1, -0.05) is 36.9 Å². The molecule has 1 aliphatic rings. The van der Waals surface area contributed by atoms with Crippen molar-refractivity contribution < 1.29 is 28.8 Å². The van der Waals surface area contributed by atoms with E-state index in [1.54, 1.807) is 0 Å². The number of hydrogen-bond donors (Lipinski definition) is 3. The zero-order valence-corrected chi connectivity index (χ0v) is 16.2. The molecule has 0 radical (unpaired) electrons. The van der Waals surface area contributed by atoms with Crippen molar-refractivity contribution in [2.75, 3.05) is 18.1 Å². The van der Waals surface area contributed by atoms with Crippen molar-refractivity contribution in [1.29, 1.82) is 0 Å². The van der Waals surface area contributed by atoms with Crippen molar-refractivity contribution in [3.63, 3.8) is 0 Å². The van der Waals surface area contributed by atoms with Crippen LogP contribution in [-0.2, 0) is 9.59 Å². The van der Waals surface area contributed by atoms with E-state index in [1.807, 2.05) is 24.3 Å². The molecular weight excluding hydrogens is 390 g/mol. The summed E-state index contributed by atoms with van der Waals surface area (Å²) in [5.41, 5.74) is 0.851. The monoisotopic (exact) mass is 412 g/mol. The minimum absolute atomic E-state index is 0.0724. The lowest BCUT2D eigenvalue weighted by Gasteiger charge is -2.24. The van der Waals surface area contributed by atoms with Gasteiger partial charge < -0.3 is 20.1 Å². The number of rotatable bonds is 8. The number of benzene rings is 2. The van der Waals surface area contributed by atoms with E-state index in [-0.39, 0.29) is 18.0 Å². The average Bonchev–Trinajstić information content (AvgIpc) is 3.14. The second kappa shape index (κ2) is 9.56. The maximum atomic E-state index is 14.1. The molecule has 30 heavy (non-hydrogen) atoms. The number of carbonyl (C=O) groups is 2. The number of nitrogens with zero attached hydrogens (tertiary/aromatic N) is 1. The summed E-state index contributed by atoms with van der Waals surface area (Å²) in [7, 11) is -1.82.